The Balaban J connectivity index is 0.00000364. The average Bonchev–Trinajstić information content (AvgIpc) is 2.64. The van der Waals surface area contributed by atoms with Gasteiger partial charge in [-0.05, 0) is 37.8 Å². The molecule has 0 radical (unpaired) electrons. The number of aryl methyl sites for hydroxylation is 1. The van der Waals surface area contributed by atoms with Crippen molar-refractivity contribution >= 4 is 29.9 Å². The number of guanidine groups is 1. The van der Waals surface area contributed by atoms with Crippen LogP contribution in [0.1, 0.15) is 32.0 Å². The molecule has 1 aliphatic rings. The summed E-state index contributed by atoms with van der Waals surface area (Å²) in [6.45, 7) is 14.8. The first kappa shape index (κ1) is 24.1. The Kier molecular flexibility index (Phi) is 11.9. The summed E-state index contributed by atoms with van der Waals surface area (Å²) in [5.41, 5.74) is 2.30. The topological polar surface area (TPSA) is 61.8 Å². The van der Waals surface area contributed by atoms with E-state index in [-0.39, 0.29) is 24.0 Å². The van der Waals surface area contributed by atoms with Crippen LogP contribution in [0.3, 0.4) is 0 Å². The third kappa shape index (κ3) is 8.74. The van der Waals surface area contributed by atoms with Crippen LogP contribution in [-0.4, -0.2) is 67.8 Å². The number of morpholine rings is 1. The minimum atomic E-state index is 0. The summed E-state index contributed by atoms with van der Waals surface area (Å²) in [7, 11) is 0. The monoisotopic (exact) mass is 489 g/mol. The molecule has 6 nitrogen and oxygen atoms in total. The number of hydrogen-bond acceptors (Lipinski definition) is 4. The molecular weight excluding hydrogens is 453 g/mol. The van der Waals surface area contributed by atoms with E-state index in [1.807, 2.05) is 13.1 Å². The van der Waals surface area contributed by atoms with Gasteiger partial charge in [0.05, 0.1) is 19.8 Å². The zero-order valence-corrected chi connectivity index (χ0v) is 19.5. The summed E-state index contributed by atoms with van der Waals surface area (Å²) in [6.07, 6.45) is 2.89. The number of halogens is 1. The molecule has 0 aliphatic carbocycles. The molecule has 0 aromatic carbocycles. The second-order valence-electron chi connectivity index (χ2n) is 7.16. The minimum Gasteiger partial charge on any atom is -0.379 e. The van der Waals surface area contributed by atoms with Gasteiger partial charge in [-0.1, -0.05) is 19.9 Å². The highest BCUT2D eigenvalue weighted by atomic mass is 127. The summed E-state index contributed by atoms with van der Waals surface area (Å²) < 4.78 is 5.49. The molecular formula is C20H36IN5O. The van der Waals surface area contributed by atoms with Crippen molar-refractivity contribution in [1.29, 1.82) is 0 Å². The number of nitrogens with zero attached hydrogens (tertiary/aromatic N) is 3. The van der Waals surface area contributed by atoms with Crippen molar-refractivity contribution in [3.05, 3.63) is 29.6 Å². The number of aromatic nitrogens is 1. The Bertz CT molecular complexity index is 544. The summed E-state index contributed by atoms with van der Waals surface area (Å²) >= 11 is 0. The van der Waals surface area contributed by atoms with Crippen LogP contribution >= 0.6 is 24.0 Å². The fourth-order valence-corrected chi connectivity index (χ4v) is 3.16. The van der Waals surface area contributed by atoms with Gasteiger partial charge in [0.2, 0.25) is 0 Å². The maximum Gasteiger partial charge on any atom is 0.191 e. The predicted octanol–water partition coefficient (Wildman–Crippen LogP) is 2.46. The van der Waals surface area contributed by atoms with Gasteiger partial charge in [-0.25, -0.2) is 0 Å². The van der Waals surface area contributed by atoms with E-state index in [0.29, 0.717) is 12.0 Å². The van der Waals surface area contributed by atoms with Crippen LogP contribution in [0.25, 0.3) is 0 Å². The molecule has 1 aromatic heterocycles. The molecule has 0 amide bonds. The van der Waals surface area contributed by atoms with Crippen LogP contribution in [0.2, 0.25) is 0 Å². The SMILES string of the molecule is CCNC(=NCC(C(C)C)N1CCOCC1)NCCc1ccc(C)nc1.I. The van der Waals surface area contributed by atoms with E-state index in [1.165, 1.54) is 5.56 Å². The fraction of sp³-hybridized carbons (Fsp3) is 0.700. The van der Waals surface area contributed by atoms with Gasteiger partial charge in [0, 0.05) is 44.1 Å². The van der Waals surface area contributed by atoms with Crippen LogP contribution in [0.15, 0.2) is 23.3 Å². The Morgan fingerprint density at radius 1 is 1.26 bits per heavy atom. The number of hydrogen-bond donors (Lipinski definition) is 2. The van der Waals surface area contributed by atoms with E-state index in [9.17, 15) is 0 Å². The van der Waals surface area contributed by atoms with Gasteiger partial charge in [-0.3, -0.25) is 14.9 Å². The molecule has 0 saturated carbocycles. The Morgan fingerprint density at radius 2 is 2.00 bits per heavy atom. The molecule has 0 bridgehead atoms. The molecule has 1 unspecified atom stereocenters. The third-order valence-electron chi connectivity index (χ3n) is 4.74. The fourth-order valence-electron chi connectivity index (χ4n) is 3.16. The van der Waals surface area contributed by atoms with Crippen molar-refractivity contribution < 1.29 is 4.74 Å². The predicted molar refractivity (Wildman–Crippen MR) is 123 cm³/mol. The molecule has 0 spiro atoms. The van der Waals surface area contributed by atoms with Crippen LogP contribution in [-0.2, 0) is 11.2 Å². The zero-order chi connectivity index (χ0) is 18.8. The molecule has 7 heteroatoms. The lowest BCUT2D eigenvalue weighted by Gasteiger charge is -2.36. The Hall–Kier alpha value is -0.930. The molecule has 27 heavy (non-hydrogen) atoms. The van der Waals surface area contributed by atoms with Crippen molar-refractivity contribution in [2.75, 3.05) is 45.9 Å². The molecule has 1 saturated heterocycles. The van der Waals surface area contributed by atoms with Crippen LogP contribution in [0.4, 0.5) is 0 Å². The molecule has 2 N–H and O–H groups in total. The maximum atomic E-state index is 5.49. The van der Waals surface area contributed by atoms with Crippen LogP contribution in [0, 0.1) is 12.8 Å². The zero-order valence-electron chi connectivity index (χ0n) is 17.2. The second-order valence-corrected chi connectivity index (χ2v) is 7.16. The first-order valence-electron chi connectivity index (χ1n) is 9.85. The quantitative estimate of drug-likeness (QED) is 0.334. The number of pyridine rings is 1. The standard InChI is InChI=1S/C20H35N5O.HI/c1-5-21-20(22-9-8-18-7-6-17(4)23-14-18)24-15-19(16(2)3)25-10-12-26-13-11-25;/h6-7,14,16,19H,5,8-13,15H2,1-4H3,(H2,21,22,24);1H. The van der Waals surface area contributed by atoms with Crippen molar-refractivity contribution in [1.82, 2.24) is 20.5 Å². The van der Waals surface area contributed by atoms with Crippen LogP contribution in [0.5, 0.6) is 0 Å². The van der Waals surface area contributed by atoms with Gasteiger partial charge < -0.3 is 15.4 Å². The summed E-state index contributed by atoms with van der Waals surface area (Å²) in [5.74, 6) is 1.46. The van der Waals surface area contributed by atoms with Gasteiger partial charge in [-0.2, -0.15) is 0 Å². The molecule has 1 aliphatic heterocycles. The second kappa shape index (κ2) is 13.3. The van der Waals surface area contributed by atoms with E-state index in [1.54, 1.807) is 0 Å². The maximum absolute atomic E-state index is 5.49. The molecule has 1 aromatic rings. The lowest BCUT2D eigenvalue weighted by Crippen LogP contribution is -2.48. The first-order chi connectivity index (χ1) is 12.6. The van der Waals surface area contributed by atoms with Crippen LogP contribution < -0.4 is 10.6 Å². The Morgan fingerprint density at radius 3 is 2.59 bits per heavy atom. The van der Waals surface area contributed by atoms with Gasteiger partial charge >= 0.3 is 0 Å². The smallest absolute Gasteiger partial charge is 0.191 e. The number of ether oxygens (including phenoxy) is 1. The van der Waals surface area contributed by atoms with E-state index in [2.05, 4.69) is 53.4 Å². The van der Waals surface area contributed by atoms with Gasteiger partial charge in [0.1, 0.15) is 0 Å². The molecule has 1 atom stereocenters. The van der Waals surface area contributed by atoms with Gasteiger partial charge in [0.25, 0.3) is 0 Å². The van der Waals surface area contributed by atoms with E-state index >= 15 is 0 Å². The van der Waals surface area contributed by atoms with Crippen molar-refractivity contribution in [2.45, 2.75) is 40.2 Å². The first-order valence-corrected chi connectivity index (χ1v) is 9.85. The Labute approximate surface area is 181 Å². The molecule has 154 valence electrons. The highest BCUT2D eigenvalue weighted by Gasteiger charge is 2.23. The number of nitrogens with one attached hydrogen (secondary N) is 2. The van der Waals surface area contributed by atoms with E-state index < -0.39 is 0 Å². The van der Waals surface area contributed by atoms with Crippen molar-refractivity contribution in [3.8, 4) is 0 Å². The van der Waals surface area contributed by atoms with Crippen molar-refractivity contribution in [2.24, 2.45) is 10.9 Å². The summed E-state index contributed by atoms with van der Waals surface area (Å²) in [5, 5.41) is 6.80. The van der Waals surface area contributed by atoms with E-state index in [4.69, 9.17) is 9.73 Å². The largest absolute Gasteiger partial charge is 0.379 e. The van der Waals surface area contributed by atoms with Crippen molar-refractivity contribution in [3.63, 3.8) is 0 Å². The average molecular weight is 489 g/mol. The summed E-state index contributed by atoms with van der Waals surface area (Å²) in [4.78, 5) is 11.7. The van der Waals surface area contributed by atoms with Gasteiger partial charge in [-0.15, -0.1) is 24.0 Å². The highest BCUT2D eigenvalue weighted by Crippen LogP contribution is 2.13. The lowest BCUT2D eigenvalue weighted by molar-refractivity contribution is 0.00867. The normalized spacial score (nSPS) is 16.7. The lowest BCUT2D eigenvalue weighted by atomic mass is 10.0. The third-order valence-corrected chi connectivity index (χ3v) is 4.74. The highest BCUT2D eigenvalue weighted by molar-refractivity contribution is 14.0. The van der Waals surface area contributed by atoms with E-state index in [0.717, 1.165) is 64.0 Å². The molecule has 2 rings (SSSR count). The number of rotatable bonds is 8. The number of aliphatic imine (C=N–C) groups is 1. The van der Waals surface area contributed by atoms with Gasteiger partial charge in [0.15, 0.2) is 5.96 Å². The minimum absolute atomic E-state index is 0. The summed E-state index contributed by atoms with van der Waals surface area (Å²) in [6, 6.07) is 4.65. The molecule has 2 heterocycles. The molecule has 1 fully saturated rings.